The molecule has 4 nitrogen and oxygen atoms in total. The highest BCUT2D eigenvalue weighted by molar-refractivity contribution is 7.92. The minimum absolute atomic E-state index is 0.0607. The maximum atomic E-state index is 11.5. The molecule has 0 spiro atoms. The monoisotopic (exact) mass is 255 g/mol. The molecule has 0 aliphatic rings. The fourth-order valence-corrected chi connectivity index (χ4v) is 2.16. The molecule has 1 aromatic rings. The van der Waals surface area contributed by atoms with Gasteiger partial charge in [0.2, 0.25) is 10.0 Å². The van der Waals surface area contributed by atoms with Crippen LogP contribution in [0, 0.1) is 0 Å². The molecule has 0 aromatic heterocycles. The average Bonchev–Trinajstić information content (AvgIpc) is 2.26. The molecule has 94 valence electrons. The number of anilines is 1. The third kappa shape index (κ3) is 3.85. The van der Waals surface area contributed by atoms with Crippen LogP contribution in [0.25, 0.3) is 0 Å². The van der Waals surface area contributed by atoms with Crippen molar-refractivity contribution < 1.29 is 13.2 Å². The number of Topliss-reactive ketones (excluding diaryl/α,β-unsaturated/α-hetero) is 1. The van der Waals surface area contributed by atoms with E-state index in [0.29, 0.717) is 24.1 Å². The highest BCUT2D eigenvalue weighted by Gasteiger charge is 2.10. The van der Waals surface area contributed by atoms with Crippen molar-refractivity contribution >= 4 is 21.5 Å². The lowest BCUT2D eigenvalue weighted by Gasteiger charge is -2.10. The maximum Gasteiger partial charge on any atom is 0.229 e. The Morgan fingerprint density at radius 2 is 1.94 bits per heavy atom. The van der Waals surface area contributed by atoms with E-state index in [0.717, 1.165) is 11.8 Å². The number of hydrogen-bond acceptors (Lipinski definition) is 3. The van der Waals surface area contributed by atoms with Gasteiger partial charge in [-0.25, -0.2) is 8.42 Å². The molecule has 0 aliphatic carbocycles. The van der Waals surface area contributed by atoms with Gasteiger partial charge in [0.1, 0.15) is 0 Å². The molecule has 17 heavy (non-hydrogen) atoms. The van der Waals surface area contributed by atoms with Crippen molar-refractivity contribution in [3.63, 3.8) is 0 Å². The van der Waals surface area contributed by atoms with Gasteiger partial charge >= 0.3 is 0 Å². The van der Waals surface area contributed by atoms with Crippen molar-refractivity contribution in [2.45, 2.75) is 26.7 Å². The Bertz CT molecular complexity index is 521. The lowest BCUT2D eigenvalue weighted by atomic mass is 10.0. The van der Waals surface area contributed by atoms with Gasteiger partial charge in [-0.05, 0) is 30.2 Å². The molecule has 0 atom stereocenters. The highest BCUT2D eigenvalue weighted by Crippen LogP contribution is 2.20. The SMILES string of the molecule is CCC(=O)c1ccc(NS(C)(=O)=O)c(CC)c1. The van der Waals surface area contributed by atoms with Crippen molar-refractivity contribution in [2.24, 2.45) is 0 Å². The van der Waals surface area contributed by atoms with E-state index in [2.05, 4.69) is 4.72 Å². The molecule has 1 rings (SSSR count). The van der Waals surface area contributed by atoms with Crippen LogP contribution in [0.2, 0.25) is 0 Å². The van der Waals surface area contributed by atoms with Crippen LogP contribution in [-0.4, -0.2) is 20.5 Å². The normalized spacial score (nSPS) is 11.2. The van der Waals surface area contributed by atoms with Gasteiger partial charge in [-0.15, -0.1) is 0 Å². The molecule has 0 bridgehead atoms. The van der Waals surface area contributed by atoms with E-state index in [4.69, 9.17) is 0 Å². The van der Waals surface area contributed by atoms with Gasteiger partial charge in [-0.2, -0.15) is 0 Å². The van der Waals surface area contributed by atoms with Crippen LogP contribution in [0.4, 0.5) is 5.69 Å². The number of rotatable bonds is 5. The molecule has 0 unspecified atom stereocenters. The van der Waals surface area contributed by atoms with Gasteiger partial charge in [0.25, 0.3) is 0 Å². The molecule has 5 heteroatoms. The first-order chi connectivity index (χ1) is 7.87. The molecule has 0 aliphatic heterocycles. The Kier molecular flexibility index (Phi) is 4.28. The van der Waals surface area contributed by atoms with Gasteiger partial charge in [-0.1, -0.05) is 13.8 Å². The molecule has 1 N–H and O–H groups in total. The van der Waals surface area contributed by atoms with E-state index in [9.17, 15) is 13.2 Å². The fourth-order valence-electron chi connectivity index (χ4n) is 1.56. The van der Waals surface area contributed by atoms with E-state index in [1.807, 2.05) is 6.92 Å². The average molecular weight is 255 g/mol. The van der Waals surface area contributed by atoms with Crippen LogP contribution < -0.4 is 4.72 Å². The Morgan fingerprint density at radius 3 is 2.41 bits per heavy atom. The van der Waals surface area contributed by atoms with Crippen molar-refractivity contribution in [3.8, 4) is 0 Å². The van der Waals surface area contributed by atoms with Crippen molar-refractivity contribution in [2.75, 3.05) is 11.0 Å². The first-order valence-electron chi connectivity index (χ1n) is 5.51. The van der Waals surface area contributed by atoms with Crippen molar-refractivity contribution in [1.82, 2.24) is 0 Å². The summed E-state index contributed by atoms with van der Waals surface area (Å²) in [5, 5.41) is 0. The molecule has 0 heterocycles. The summed E-state index contributed by atoms with van der Waals surface area (Å²) in [6.45, 7) is 3.72. The number of sulfonamides is 1. The minimum Gasteiger partial charge on any atom is -0.294 e. The van der Waals surface area contributed by atoms with Crippen LogP contribution in [-0.2, 0) is 16.4 Å². The summed E-state index contributed by atoms with van der Waals surface area (Å²) < 4.78 is 24.8. The Hall–Kier alpha value is -1.36. The number of carbonyl (C=O) groups excluding carboxylic acids is 1. The summed E-state index contributed by atoms with van der Waals surface area (Å²) in [6.07, 6.45) is 2.22. The maximum absolute atomic E-state index is 11.5. The second-order valence-corrected chi connectivity index (χ2v) is 5.62. The second kappa shape index (κ2) is 5.31. The molecular formula is C12H17NO3S. The van der Waals surface area contributed by atoms with Crippen molar-refractivity contribution in [1.29, 1.82) is 0 Å². The van der Waals surface area contributed by atoms with E-state index >= 15 is 0 Å². The smallest absolute Gasteiger partial charge is 0.229 e. The van der Waals surface area contributed by atoms with E-state index < -0.39 is 10.0 Å². The summed E-state index contributed by atoms with van der Waals surface area (Å²) in [4.78, 5) is 11.5. The number of benzene rings is 1. The quantitative estimate of drug-likeness (QED) is 0.820. The Morgan fingerprint density at radius 1 is 1.29 bits per heavy atom. The Balaban J connectivity index is 3.14. The van der Waals surface area contributed by atoms with Crippen LogP contribution in [0.3, 0.4) is 0 Å². The summed E-state index contributed by atoms with van der Waals surface area (Å²) in [7, 11) is -3.28. The first kappa shape index (κ1) is 13.7. The number of nitrogens with one attached hydrogen (secondary N) is 1. The standard InChI is InChI=1S/C12H17NO3S/c1-4-9-8-10(12(14)5-2)6-7-11(9)13-17(3,15)16/h6-8,13H,4-5H2,1-3H3. The van der Waals surface area contributed by atoms with Crippen molar-refractivity contribution in [3.05, 3.63) is 29.3 Å². The van der Waals surface area contributed by atoms with Gasteiger partial charge in [0, 0.05) is 12.0 Å². The topological polar surface area (TPSA) is 63.2 Å². The largest absolute Gasteiger partial charge is 0.294 e. The zero-order valence-corrected chi connectivity index (χ0v) is 11.1. The number of aryl methyl sites for hydroxylation is 1. The van der Waals surface area contributed by atoms with Crippen LogP contribution in [0.5, 0.6) is 0 Å². The molecule has 1 aromatic carbocycles. The predicted octanol–water partition coefficient (Wildman–Crippen LogP) is 2.21. The number of hydrogen-bond donors (Lipinski definition) is 1. The number of ketones is 1. The molecule has 0 fully saturated rings. The van der Waals surface area contributed by atoms with Gasteiger partial charge in [0.15, 0.2) is 5.78 Å². The third-order valence-corrected chi connectivity index (χ3v) is 3.02. The van der Waals surface area contributed by atoms with Gasteiger partial charge < -0.3 is 0 Å². The van der Waals surface area contributed by atoms with Crippen LogP contribution in [0.15, 0.2) is 18.2 Å². The fraction of sp³-hybridized carbons (Fsp3) is 0.417. The molecule has 0 radical (unpaired) electrons. The van der Waals surface area contributed by atoms with Crippen LogP contribution >= 0.6 is 0 Å². The summed E-state index contributed by atoms with van der Waals surface area (Å²) in [5.41, 5.74) is 2.00. The predicted molar refractivity (Wildman–Crippen MR) is 68.9 cm³/mol. The molecule has 0 amide bonds. The van der Waals surface area contributed by atoms with E-state index in [-0.39, 0.29) is 5.78 Å². The first-order valence-corrected chi connectivity index (χ1v) is 7.40. The summed E-state index contributed by atoms with van der Waals surface area (Å²) in [5.74, 6) is 0.0607. The zero-order chi connectivity index (χ0) is 13.1. The number of carbonyl (C=O) groups is 1. The minimum atomic E-state index is -3.28. The third-order valence-electron chi connectivity index (χ3n) is 2.42. The zero-order valence-electron chi connectivity index (χ0n) is 10.3. The summed E-state index contributed by atoms with van der Waals surface area (Å²) >= 11 is 0. The van der Waals surface area contributed by atoms with Crippen LogP contribution in [0.1, 0.15) is 36.2 Å². The molecular weight excluding hydrogens is 238 g/mol. The Labute approximate surface area is 102 Å². The lowest BCUT2D eigenvalue weighted by molar-refractivity contribution is 0.0988. The molecule has 0 saturated carbocycles. The molecule has 0 saturated heterocycles. The highest BCUT2D eigenvalue weighted by atomic mass is 32.2. The van der Waals surface area contributed by atoms with Gasteiger partial charge in [-0.3, -0.25) is 9.52 Å². The lowest BCUT2D eigenvalue weighted by Crippen LogP contribution is -2.11. The van der Waals surface area contributed by atoms with Gasteiger partial charge in [0.05, 0.1) is 11.9 Å². The summed E-state index contributed by atoms with van der Waals surface area (Å²) in [6, 6.07) is 5.04. The van der Waals surface area contributed by atoms with E-state index in [1.165, 1.54) is 0 Å². The second-order valence-electron chi connectivity index (χ2n) is 3.88. The van der Waals surface area contributed by atoms with E-state index in [1.54, 1.807) is 25.1 Å².